The Hall–Kier alpha value is -2.85. The van der Waals surface area contributed by atoms with Crippen LogP contribution in [-0.2, 0) is 33.4 Å². The molecule has 0 aromatic rings. The van der Waals surface area contributed by atoms with Crippen LogP contribution in [0.15, 0.2) is 0 Å². The number of hydrogen-bond donors (Lipinski definition) is 7. The minimum Gasteiger partial charge on any atom is -0.481 e. The third-order valence-corrected chi connectivity index (χ3v) is 5.57. The fraction of sp³-hybridized carbons (Fsp3) is 0.750. The molecule has 1 aliphatic rings. The summed E-state index contributed by atoms with van der Waals surface area (Å²) in [6, 6.07) is -3.66. The Morgan fingerprint density at radius 1 is 1.17 bits per heavy atom. The van der Waals surface area contributed by atoms with E-state index in [9.17, 15) is 39.3 Å². The zero-order chi connectivity index (χ0) is 27.0. The number of aliphatic carboxylic acids is 1. The van der Waals surface area contributed by atoms with E-state index in [-0.39, 0.29) is 6.42 Å². The molecule has 35 heavy (non-hydrogen) atoms. The predicted octanol–water partition coefficient (Wildman–Crippen LogP) is -3.98. The van der Waals surface area contributed by atoms with Crippen LogP contribution in [0.2, 0.25) is 0 Å². The molecular weight excluding hydrogens is 472 g/mol. The van der Waals surface area contributed by atoms with Gasteiger partial charge < -0.3 is 51.2 Å². The molecule has 8 atom stereocenters. The van der Waals surface area contributed by atoms with Gasteiger partial charge in [0.2, 0.25) is 17.7 Å². The van der Waals surface area contributed by atoms with E-state index in [0.717, 1.165) is 11.8 Å². The molecule has 0 bridgehead atoms. The Morgan fingerprint density at radius 2 is 1.77 bits per heavy atom. The molecule has 0 radical (unpaired) electrons. The molecule has 1 aliphatic heterocycles. The number of aliphatic hydroxyl groups is 3. The molecule has 200 valence electrons. The molecule has 1 rings (SSSR count). The highest BCUT2D eigenvalue weighted by Crippen LogP contribution is 2.24. The normalized spacial score (nSPS) is 26.7. The predicted molar refractivity (Wildman–Crippen MR) is 116 cm³/mol. The molecule has 0 aromatic heterocycles. The molecule has 0 aliphatic carbocycles. The summed E-state index contributed by atoms with van der Waals surface area (Å²) in [7, 11) is 1.28. The number of carboxylic acid groups (broad SMARTS) is 1. The van der Waals surface area contributed by atoms with E-state index in [0.29, 0.717) is 0 Å². The fourth-order valence-corrected chi connectivity index (χ4v) is 3.43. The maximum atomic E-state index is 12.9. The summed E-state index contributed by atoms with van der Waals surface area (Å²) in [6.45, 7) is 3.15. The number of amides is 4. The molecule has 1 heterocycles. The smallest absolute Gasteiger partial charge is 0.303 e. The van der Waals surface area contributed by atoms with Crippen LogP contribution in [0.1, 0.15) is 33.6 Å². The van der Waals surface area contributed by atoms with Crippen molar-refractivity contribution in [2.24, 2.45) is 5.73 Å². The van der Waals surface area contributed by atoms with Gasteiger partial charge >= 0.3 is 5.97 Å². The summed E-state index contributed by atoms with van der Waals surface area (Å²) in [4.78, 5) is 60.2. The van der Waals surface area contributed by atoms with Crippen LogP contribution >= 0.6 is 0 Å². The van der Waals surface area contributed by atoms with E-state index in [2.05, 4.69) is 10.6 Å². The Morgan fingerprint density at radius 3 is 2.26 bits per heavy atom. The number of rotatable bonds is 12. The second kappa shape index (κ2) is 13.3. The zero-order valence-corrected chi connectivity index (χ0v) is 19.9. The van der Waals surface area contributed by atoms with Crippen molar-refractivity contribution < 1.29 is 53.9 Å². The van der Waals surface area contributed by atoms with Crippen LogP contribution < -0.4 is 16.4 Å². The summed E-state index contributed by atoms with van der Waals surface area (Å²) in [5.74, 6) is -4.20. The molecule has 1 saturated heterocycles. The third kappa shape index (κ3) is 8.40. The van der Waals surface area contributed by atoms with E-state index in [1.54, 1.807) is 0 Å². The number of nitrogens with zero attached hydrogens (tertiary/aromatic N) is 1. The van der Waals surface area contributed by atoms with Gasteiger partial charge in [-0.25, -0.2) is 0 Å². The van der Waals surface area contributed by atoms with E-state index in [1.807, 2.05) is 0 Å². The van der Waals surface area contributed by atoms with Crippen LogP contribution in [0, 0.1) is 0 Å². The zero-order valence-electron chi connectivity index (χ0n) is 19.9. The average Bonchev–Trinajstić information content (AvgIpc) is 2.78. The van der Waals surface area contributed by atoms with Crippen molar-refractivity contribution in [3.63, 3.8) is 0 Å². The number of likely N-dealkylation sites (N-methyl/N-ethyl adjacent to an activating group) is 1. The van der Waals surface area contributed by atoms with Crippen molar-refractivity contribution in [1.29, 1.82) is 0 Å². The Labute approximate surface area is 201 Å². The lowest BCUT2D eigenvalue weighted by molar-refractivity contribution is -0.266. The van der Waals surface area contributed by atoms with Crippen molar-refractivity contribution in [3.05, 3.63) is 0 Å². The molecular formula is C20H34N4O11. The quantitative estimate of drug-likeness (QED) is 0.135. The van der Waals surface area contributed by atoms with Crippen LogP contribution in [0.5, 0.6) is 0 Å². The molecule has 0 unspecified atom stereocenters. The number of nitrogens with two attached hydrogens (primary N) is 1. The van der Waals surface area contributed by atoms with Crippen molar-refractivity contribution in [2.75, 3.05) is 13.7 Å². The summed E-state index contributed by atoms with van der Waals surface area (Å²) in [5, 5.41) is 43.5. The van der Waals surface area contributed by atoms with Gasteiger partial charge in [0.05, 0.1) is 6.61 Å². The van der Waals surface area contributed by atoms with Crippen LogP contribution in [0.3, 0.4) is 0 Å². The second-order valence-corrected chi connectivity index (χ2v) is 8.23. The maximum absolute atomic E-state index is 12.9. The first-order valence-electron chi connectivity index (χ1n) is 10.8. The first-order valence-corrected chi connectivity index (χ1v) is 10.8. The fourth-order valence-electron chi connectivity index (χ4n) is 3.43. The number of nitrogens with one attached hydrogen (secondary N) is 2. The van der Waals surface area contributed by atoms with E-state index in [4.69, 9.17) is 20.3 Å². The largest absolute Gasteiger partial charge is 0.481 e. The van der Waals surface area contributed by atoms with E-state index in [1.165, 1.54) is 20.9 Å². The molecule has 8 N–H and O–H groups in total. The number of primary amides is 1. The molecule has 0 spiro atoms. The van der Waals surface area contributed by atoms with Gasteiger partial charge in [0.25, 0.3) is 5.91 Å². The summed E-state index contributed by atoms with van der Waals surface area (Å²) < 4.78 is 10.7. The Balaban J connectivity index is 2.91. The number of ether oxygens (including phenoxy) is 2. The topological polar surface area (TPSA) is 238 Å². The first-order chi connectivity index (χ1) is 16.2. The molecule has 0 aromatic carbocycles. The number of aliphatic hydroxyl groups excluding tert-OH is 3. The van der Waals surface area contributed by atoms with Crippen LogP contribution in [0.25, 0.3) is 0 Å². The van der Waals surface area contributed by atoms with E-state index < -0.39 is 91.5 Å². The average molecular weight is 507 g/mol. The monoisotopic (exact) mass is 506 g/mol. The molecule has 15 nitrogen and oxygen atoms in total. The standard InChI is InChI=1S/C20H34N4O11/c1-8(18(31)23-11(17(21)30)5-6-13(27)28)24(4)19(32)9(2)34-16-14(22-10(3)26)20(33)35-12(7-25)15(16)29/h8-9,11-12,14-16,20,25,29,33H,5-7H2,1-4H3,(H2,21,30)(H,22,26)(H,23,31)(H,27,28)/t8-,9+,11+,12+,14+,15+,16+,20+/m0/s1. The Kier molecular flexibility index (Phi) is 11.5. The summed E-state index contributed by atoms with van der Waals surface area (Å²) in [5.41, 5.74) is 5.20. The van der Waals surface area contributed by atoms with Gasteiger partial charge in [-0.3, -0.25) is 24.0 Å². The third-order valence-electron chi connectivity index (χ3n) is 5.57. The van der Waals surface area contributed by atoms with Gasteiger partial charge in [-0.05, 0) is 20.3 Å². The van der Waals surface area contributed by atoms with Crippen LogP contribution in [-0.4, -0.2) is 117 Å². The van der Waals surface area contributed by atoms with Gasteiger partial charge in [0, 0.05) is 20.4 Å². The highest BCUT2D eigenvalue weighted by Gasteiger charge is 2.47. The van der Waals surface area contributed by atoms with Gasteiger partial charge in [-0.15, -0.1) is 0 Å². The minimum absolute atomic E-state index is 0.235. The highest BCUT2D eigenvalue weighted by molar-refractivity contribution is 5.92. The SMILES string of the molecule is CC(=O)N[C@@H]1[C@@H](O[C@H](C)C(=O)N(C)[C@@H](C)C(=O)N[C@H](CCC(=O)O)C(N)=O)[C@H](O)[C@@H](CO)O[C@H]1O. The lowest BCUT2D eigenvalue weighted by Crippen LogP contribution is -2.65. The van der Waals surface area contributed by atoms with Crippen LogP contribution in [0.4, 0.5) is 0 Å². The second-order valence-electron chi connectivity index (χ2n) is 8.23. The van der Waals surface area contributed by atoms with Crippen molar-refractivity contribution >= 4 is 29.6 Å². The van der Waals surface area contributed by atoms with Gasteiger partial charge in [0.15, 0.2) is 6.29 Å². The number of carbonyl (C=O) groups excluding carboxylic acids is 4. The van der Waals surface area contributed by atoms with Gasteiger partial charge in [-0.2, -0.15) is 0 Å². The Bertz CT molecular complexity index is 795. The minimum atomic E-state index is -1.65. The molecule has 0 saturated carbocycles. The van der Waals surface area contributed by atoms with Crippen molar-refractivity contribution in [2.45, 2.75) is 82.4 Å². The lowest BCUT2D eigenvalue weighted by atomic mass is 9.96. The van der Waals surface area contributed by atoms with Gasteiger partial charge in [0.1, 0.15) is 42.5 Å². The first kappa shape index (κ1) is 30.2. The summed E-state index contributed by atoms with van der Waals surface area (Å²) >= 11 is 0. The lowest BCUT2D eigenvalue weighted by Gasteiger charge is -2.43. The molecule has 4 amide bonds. The summed E-state index contributed by atoms with van der Waals surface area (Å²) in [6.07, 6.45) is -7.72. The van der Waals surface area contributed by atoms with E-state index >= 15 is 0 Å². The van der Waals surface area contributed by atoms with Gasteiger partial charge in [-0.1, -0.05) is 0 Å². The maximum Gasteiger partial charge on any atom is 0.303 e. The van der Waals surface area contributed by atoms with Crippen molar-refractivity contribution in [1.82, 2.24) is 15.5 Å². The number of hydrogen-bond acceptors (Lipinski definition) is 10. The highest BCUT2D eigenvalue weighted by atomic mass is 16.6. The van der Waals surface area contributed by atoms with Crippen molar-refractivity contribution in [3.8, 4) is 0 Å². The molecule has 15 heteroatoms. The molecule has 1 fully saturated rings. The number of carbonyl (C=O) groups is 5. The number of carboxylic acids is 1.